The third kappa shape index (κ3) is 5.55. The van der Waals surface area contributed by atoms with Crippen LogP contribution in [-0.2, 0) is 10.0 Å². The molecule has 0 spiro atoms. The van der Waals surface area contributed by atoms with Gasteiger partial charge in [0.2, 0.25) is 10.0 Å². The van der Waals surface area contributed by atoms with E-state index in [2.05, 4.69) is 24.9 Å². The Kier molecular flexibility index (Phi) is 7.43. The van der Waals surface area contributed by atoms with Gasteiger partial charge in [-0.2, -0.15) is 0 Å². The maximum Gasteiger partial charge on any atom is 0.263 e. The summed E-state index contributed by atoms with van der Waals surface area (Å²) >= 11 is 1.36. The molecular weight excluding hydrogens is 422 g/mol. The van der Waals surface area contributed by atoms with Crippen molar-refractivity contribution in [1.29, 1.82) is 0 Å². The fourth-order valence-electron chi connectivity index (χ4n) is 3.57. The first-order chi connectivity index (χ1) is 14.3. The molecule has 3 rings (SSSR count). The third-order valence-corrected chi connectivity index (χ3v) is 7.72. The SMILES string of the molecule is CCCC(C)NS(=O)(=O)c1ccc(N2CCC(NC(=O)c3scnc3C)CC2)nc1. The second-order valence-electron chi connectivity index (χ2n) is 7.66. The van der Waals surface area contributed by atoms with Crippen LogP contribution in [0.5, 0.6) is 0 Å². The molecule has 0 aromatic carbocycles. The van der Waals surface area contributed by atoms with Gasteiger partial charge in [-0.3, -0.25) is 4.79 Å². The lowest BCUT2D eigenvalue weighted by Crippen LogP contribution is -2.45. The maximum absolute atomic E-state index is 12.5. The van der Waals surface area contributed by atoms with Crippen molar-refractivity contribution in [3.05, 3.63) is 34.4 Å². The molecule has 30 heavy (non-hydrogen) atoms. The lowest BCUT2D eigenvalue weighted by atomic mass is 10.0. The molecule has 0 radical (unpaired) electrons. The van der Waals surface area contributed by atoms with Crippen molar-refractivity contribution in [3.8, 4) is 0 Å². The molecule has 1 aliphatic rings. The Balaban J connectivity index is 1.54. The van der Waals surface area contributed by atoms with Gasteiger partial charge in [-0.1, -0.05) is 13.3 Å². The molecule has 1 atom stereocenters. The zero-order valence-corrected chi connectivity index (χ0v) is 19.2. The van der Waals surface area contributed by atoms with Crippen LogP contribution in [0.1, 0.15) is 54.9 Å². The standard InChI is InChI=1S/C20H29N5O3S2/c1-4-5-14(2)24-30(27,28)17-6-7-18(21-12-17)25-10-8-16(9-11-25)23-20(26)19-15(3)22-13-29-19/h6-7,12-14,16,24H,4-5,8-11H2,1-3H3,(H,23,26). The molecule has 2 aromatic heterocycles. The molecule has 2 N–H and O–H groups in total. The van der Waals surface area contributed by atoms with Gasteiger partial charge in [0.1, 0.15) is 15.6 Å². The van der Waals surface area contributed by atoms with Gasteiger partial charge in [0.05, 0.1) is 11.2 Å². The van der Waals surface area contributed by atoms with Gasteiger partial charge in [-0.25, -0.2) is 23.1 Å². The Morgan fingerprint density at radius 3 is 2.60 bits per heavy atom. The minimum absolute atomic E-state index is 0.0639. The number of sulfonamides is 1. The van der Waals surface area contributed by atoms with Crippen molar-refractivity contribution in [1.82, 2.24) is 20.0 Å². The number of amides is 1. The molecule has 10 heteroatoms. The molecule has 0 aliphatic carbocycles. The molecule has 1 fully saturated rings. The molecular formula is C20H29N5O3S2. The van der Waals surface area contributed by atoms with E-state index in [0.717, 1.165) is 50.3 Å². The number of aromatic nitrogens is 2. The summed E-state index contributed by atoms with van der Waals surface area (Å²) in [6, 6.07) is 3.35. The molecule has 1 aliphatic heterocycles. The number of anilines is 1. The predicted molar refractivity (Wildman–Crippen MR) is 118 cm³/mol. The quantitative estimate of drug-likeness (QED) is 0.639. The normalized spacial score (nSPS) is 16.4. The summed E-state index contributed by atoms with van der Waals surface area (Å²) in [4.78, 5) is 23.8. The van der Waals surface area contributed by atoms with Crippen molar-refractivity contribution in [2.45, 2.75) is 63.4 Å². The number of thiazole rings is 1. The fourth-order valence-corrected chi connectivity index (χ4v) is 5.49. The summed E-state index contributed by atoms with van der Waals surface area (Å²) < 4.78 is 27.6. The van der Waals surface area contributed by atoms with E-state index in [1.165, 1.54) is 17.5 Å². The highest BCUT2D eigenvalue weighted by Gasteiger charge is 2.24. The zero-order chi connectivity index (χ0) is 21.7. The third-order valence-electron chi connectivity index (χ3n) is 5.21. The van der Waals surface area contributed by atoms with E-state index in [4.69, 9.17) is 0 Å². The van der Waals surface area contributed by atoms with Gasteiger partial charge >= 0.3 is 0 Å². The first-order valence-corrected chi connectivity index (χ1v) is 12.6. The van der Waals surface area contributed by atoms with E-state index in [1.54, 1.807) is 17.6 Å². The number of carbonyl (C=O) groups excluding carboxylic acids is 1. The molecule has 1 unspecified atom stereocenters. The number of nitrogens with zero attached hydrogens (tertiary/aromatic N) is 3. The molecule has 1 amide bonds. The predicted octanol–water partition coefficient (Wildman–Crippen LogP) is 2.71. The summed E-state index contributed by atoms with van der Waals surface area (Å²) in [5.74, 6) is 0.685. The van der Waals surface area contributed by atoms with E-state index in [9.17, 15) is 13.2 Å². The number of pyridine rings is 1. The van der Waals surface area contributed by atoms with Crippen LogP contribution in [0, 0.1) is 6.92 Å². The van der Waals surface area contributed by atoms with Crippen molar-refractivity contribution < 1.29 is 13.2 Å². The molecule has 0 bridgehead atoms. The fraction of sp³-hybridized carbons (Fsp3) is 0.550. The van der Waals surface area contributed by atoms with Crippen LogP contribution in [0.4, 0.5) is 5.82 Å². The second kappa shape index (κ2) is 9.84. The average Bonchev–Trinajstić information content (AvgIpc) is 3.14. The topological polar surface area (TPSA) is 104 Å². The van der Waals surface area contributed by atoms with E-state index in [0.29, 0.717) is 4.88 Å². The van der Waals surface area contributed by atoms with Gasteiger partial charge in [0, 0.05) is 31.4 Å². The molecule has 3 heterocycles. The van der Waals surface area contributed by atoms with Crippen LogP contribution < -0.4 is 14.9 Å². The number of hydrogen-bond donors (Lipinski definition) is 2. The van der Waals surface area contributed by atoms with Crippen LogP contribution in [-0.4, -0.2) is 49.5 Å². The monoisotopic (exact) mass is 451 g/mol. The van der Waals surface area contributed by atoms with Crippen LogP contribution in [0.15, 0.2) is 28.7 Å². The summed E-state index contributed by atoms with van der Waals surface area (Å²) in [5, 5.41) is 3.09. The number of rotatable bonds is 8. The van der Waals surface area contributed by atoms with Gasteiger partial charge in [-0.05, 0) is 45.2 Å². The Hall–Kier alpha value is -2.04. The van der Waals surface area contributed by atoms with Gasteiger partial charge in [-0.15, -0.1) is 11.3 Å². The van der Waals surface area contributed by atoms with Crippen LogP contribution >= 0.6 is 11.3 Å². The minimum atomic E-state index is -3.56. The lowest BCUT2D eigenvalue weighted by molar-refractivity contribution is 0.0934. The Morgan fingerprint density at radius 1 is 1.30 bits per heavy atom. The summed E-state index contributed by atoms with van der Waals surface area (Å²) in [6.07, 6.45) is 4.74. The zero-order valence-electron chi connectivity index (χ0n) is 17.6. The number of piperidine rings is 1. The second-order valence-corrected chi connectivity index (χ2v) is 10.2. The van der Waals surface area contributed by atoms with Crippen LogP contribution in [0.25, 0.3) is 0 Å². The summed E-state index contributed by atoms with van der Waals surface area (Å²) in [5.41, 5.74) is 2.44. The Bertz CT molecular complexity index is 951. The highest BCUT2D eigenvalue weighted by atomic mass is 32.2. The van der Waals surface area contributed by atoms with E-state index in [1.807, 2.05) is 20.8 Å². The largest absolute Gasteiger partial charge is 0.356 e. The Labute approximate surface area is 182 Å². The molecule has 2 aromatic rings. The van der Waals surface area contributed by atoms with Crippen molar-refractivity contribution in [3.63, 3.8) is 0 Å². The van der Waals surface area contributed by atoms with Crippen LogP contribution in [0.3, 0.4) is 0 Å². The number of hydrogen-bond acceptors (Lipinski definition) is 7. The van der Waals surface area contributed by atoms with Gasteiger partial charge in [0.25, 0.3) is 5.91 Å². The highest BCUT2D eigenvalue weighted by molar-refractivity contribution is 7.89. The van der Waals surface area contributed by atoms with Crippen LogP contribution in [0.2, 0.25) is 0 Å². The van der Waals surface area contributed by atoms with E-state index in [-0.39, 0.29) is 22.9 Å². The van der Waals surface area contributed by atoms with Gasteiger partial charge in [0.15, 0.2) is 0 Å². The highest BCUT2D eigenvalue weighted by Crippen LogP contribution is 2.21. The number of aryl methyl sites for hydroxylation is 1. The van der Waals surface area contributed by atoms with E-state index < -0.39 is 10.0 Å². The first-order valence-electron chi connectivity index (χ1n) is 10.2. The lowest BCUT2D eigenvalue weighted by Gasteiger charge is -2.33. The van der Waals surface area contributed by atoms with Crippen molar-refractivity contribution >= 4 is 33.1 Å². The summed E-state index contributed by atoms with van der Waals surface area (Å²) in [6.45, 7) is 7.22. The summed E-state index contributed by atoms with van der Waals surface area (Å²) in [7, 11) is -3.56. The van der Waals surface area contributed by atoms with Crippen molar-refractivity contribution in [2.75, 3.05) is 18.0 Å². The first kappa shape index (κ1) is 22.6. The van der Waals surface area contributed by atoms with Crippen molar-refractivity contribution in [2.24, 2.45) is 0 Å². The Morgan fingerprint density at radius 2 is 2.03 bits per heavy atom. The molecule has 164 valence electrons. The molecule has 1 saturated heterocycles. The number of nitrogens with one attached hydrogen (secondary N) is 2. The molecule has 8 nitrogen and oxygen atoms in total. The molecule has 0 saturated carbocycles. The minimum Gasteiger partial charge on any atom is -0.356 e. The smallest absolute Gasteiger partial charge is 0.263 e. The van der Waals surface area contributed by atoms with E-state index >= 15 is 0 Å². The van der Waals surface area contributed by atoms with Gasteiger partial charge < -0.3 is 10.2 Å². The maximum atomic E-state index is 12.5. The number of carbonyl (C=O) groups is 1. The average molecular weight is 452 g/mol.